The van der Waals surface area contributed by atoms with Crippen molar-refractivity contribution in [3.8, 4) is 0 Å². The van der Waals surface area contributed by atoms with Crippen LogP contribution in [0.3, 0.4) is 0 Å². The molecular formula is C21H22N2O. The number of fused-ring (bicyclic) bond motifs is 1. The third-order valence-corrected chi connectivity index (χ3v) is 4.28. The van der Waals surface area contributed by atoms with Crippen LogP contribution in [0.25, 0.3) is 10.8 Å². The Morgan fingerprint density at radius 2 is 1.62 bits per heavy atom. The Morgan fingerprint density at radius 1 is 0.917 bits per heavy atom. The standard InChI is InChI=1S/C21H22N2O/c1-22-20(14-16-8-3-2-4-9-16)21(24)23-15-18-12-7-11-17-10-5-6-13-19(17)18/h2-13,20,22H,14-15H2,1H3,(H,23,24). The first-order chi connectivity index (χ1) is 11.8. The fraction of sp³-hybridized carbons (Fsp3) is 0.190. The Labute approximate surface area is 142 Å². The van der Waals surface area contributed by atoms with Crippen molar-refractivity contribution in [3.63, 3.8) is 0 Å². The molecule has 0 aliphatic heterocycles. The highest BCUT2D eigenvalue weighted by atomic mass is 16.2. The zero-order valence-corrected chi connectivity index (χ0v) is 13.8. The first-order valence-electron chi connectivity index (χ1n) is 8.23. The van der Waals surface area contributed by atoms with E-state index in [2.05, 4.69) is 34.9 Å². The molecule has 0 heterocycles. The van der Waals surface area contributed by atoms with E-state index in [0.717, 1.165) is 11.1 Å². The van der Waals surface area contributed by atoms with E-state index >= 15 is 0 Å². The summed E-state index contributed by atoms with van der Waals surface area (Å²) < 4.78 is 0. The highest BCUT2D eigenvalue weighted by Gasteiger charge is 2.16. The minimum Gasteiger partial charge on any atom is -0.351 e. The number of carbonyl (C=O) groups is 1. The molecule has 0 aromatic heterocycles. The van der Waals surface area contributed by atoms with Crippen LogP contribution in [0, 0.1) is 0 Å². The van der Waals surface area contributed by atoms with E-state index in [1.165, 1.54) is 10.8 Å². The van der Waals surface area contributed by atoms with Gasteiger partial charge in [-0.25, -0.2) is 0 Å². The van der Waals surface area contributed by atoms with Gasteiger partial charge in [-0.1, -0.05) is 72.8 Å². The summed E-state index contributed by atoms with van der Waals surface area (Å²) in [6.07, 6.45) is 0.679. The number of hydrogen-bond donors (Lipinski definition) is 2. The van der Waals surface area contributed by atoms with Gasteiger partial charge in [0.1, 0.15) is 0 Å². The van der Waals surface area contributed by atoms with Gasteiger partial charge in [-0.15, -0.1) is 0 Å². The number of hydrogen-bond acceptors (Lipinski definition) is 2. The summed E-state index contributed by atoms with van der Waals surface area (Å²) in [6.45, 7) is 0.535. The van der Waals surface area contributed by atoms with E-state index in [1.54, 1.807) is 0 Å². The van der Waals surface area contributed by atoms with Crippen LogP contribution in [0.1, 0.15) is 11.1 Å². The van der Waals surface area contributed by atoms with Gasteiger partial charge >= 0.3 is 0 Å². The summed E-state index contributed by atoms with van der Waals surface area (Å²) in [5.41, 5.74) is 2.29. The third-order valence-electron chi connectivity index (χ3n) is 4.28. The lowest BCUT2D eigenvalue weighted by molar-refractivity contribution is -0.123. The molecule has 0 bridgehead atoms. The quantitative estimate of drug-likeness (QED) is 0.732. The molecule has 0 saturated carbocycles. The number of benzene rings is 3. The van der Waals surface area contributed by atoms with Crippen LogP contribution in [0.5, 0.6) is 0 Å². The van der Waals surface area contributed by atoms with Gasteiger partial charge in [0, 0.05) is 6.54 Å². The lowest BCUT2D eigenvalue weighted by Crippen LogP contribution is -2.43. The monoisotopic (exact) mass is 318 g/mol. The van der Waals surface area contributed by atoms with Gasteiger partial charge in [-0.3, -0.25) is 4.79 Å². The van der Waals surface area contributed by atoms with Crippen molar-refractivity contribution in [3.05, 3.63) is 83.9 Å². The summed E-state index contributed by atoms with van der Waals surface area (Å²) in [6, 6.07) is 24.3. The van der Waals surface area contributed by atoms with Gasteiger partial charge in [0.15, 0.2) is 0 Å². The van der Waals surface area contributed by atoms with Crippen LogP contribution >= 0.6 is 0 Å². The van der Waals surface area contributed by atoms with Crippen molar-refractivity contribution in [2.75, 3.05) is 7.05 Å². The predicted octanol–water partition coefficient (Wildman–Crippen LogP) is 3.29. The molecule has 0 radical (unpaired) electrons. The first-order valence-corrected chi connectivity index (χ1v) is 8.23. The van der Waals surface area contributed by atoms with E-state index in [1.807, 2.05) is 55.6 Å². The lowest BCUT2D eigenvalue weighted by atomic mass is 10.0. The molecule has 3 nitrogen and oxygen atoms in total. The molecule has 3 heteroatoms. The summed E-state index contributed by atoms with van der Waals surface area (Å²) in [4.78, 5) is 12.5. The van der Waals surface area contributed by atoms with Gasteiger partial charge < -0.3 is 10.6 Å². The number of amides is 1. The maximum Gasteiger partial charge on any atom is 0.237 e. The lowest BCUT2D eigenvalue weighted by Gasteiger charge is -2.17. The van der Waals surface area contributed by atoms with Crippen LogP contribution < -0.4 is 10.6 Å². The van der Waals surface area contributed by atoms with Gasteiger partial charge in [0.25, 0.3) is 0 Å². The first kappa shape index (κ1) is 16.2. The SMILES string of the molecule is CNC(Cc1ccccc1)C(=O)NCc1cccc2ccccc12. The van der Waals surface area contributed by atoms with Crippen LogP contribution in [-0.2, 0) is 17.8 Å². The zero-order valence-electron chi connectivity index (χ0n) is 13.8. The average Bonchev–Trinajstić information content (AvgIpc) is 2.65. The van der Waals surface area contributed by atoms with Crippen molar-refractivity contribution in [2.45, 2.75) is 19.0 Å². The Kier molecular flexibility index (Phi) is 5.24. The Hall–Kier alpha value is -2.65. The van der Waals surface area contributed by atoms with Crippen LogP contribution in [0.2, 0.25) is 0 Å². The maximum absolute atomic E-state index is 12.5. The van der Waals surface area contributed by atoms with Crippen molar-refractivity contribution in [1.29, 1.82) is 0 Å². The topological polar surface area (TPSA) is 41.1 Å². The summed E-state index contributed by atoms with van der Waals surface area (Å²) in [5.74, 6) is 0.0225. The normalized spacial score (nSPS) is 12.0. The Bertz CT molecular complexity index is 809. The zero-order chi connectivity index (χ0) is 16.8. The van der Waals surface area contributed by atoms with E-state index < -0.39 is 0 Å². The molecule has 0 spiro atoms. The summed E-state index contributed by atoms with van der Waals surface area (Å²) in [5, 5.41) is 8.55. The van der Waals surface area contributed by atoms with Crippen LogP contribution in [0.4, 0.5) is 0 Å². The van der Waals surface area contributed by atoms with Gasteiger partial charge in [-0.05, 0) is 35.4 Å². The van der Waals surface area contributed by atoms with Crippen molar-refractivity contribution in [1.82, 2.24) is 10.6 Å². The molecular weight excluding hydrogens is 296 g/mol. The Balaban J connectivity index is 1.67. The largest absolute Gasteiger partial charge is 0.351 e. The van der Waals surface area contributed by atoms with E-state index in [9.17, 15) is 4.79 Å². The molecule has 0 saturated heterocycles. The van der Waals surface area contributed by atoms with Crippen molar-refractivity contribution < 1.29 is 4.79 Å². The number of nitrogens with one attached hydrogen (secondary N) is 2. The molecule has 0 aliphatic rings. The summed E-state index contributed by atoms with van der Waals surface area (Å²) in [7, 11) is 1.82. The van der Waals surface area contributed by atoms with Gasteiger partial charge in [0.05, 0.1) is 6.04 Å². The fourth-order valence-electron chi connectivity index (χ4n) is 2.93. The molecule has 3 rings (SSSR count). The van der Waals surface area contributed by atoms with Gasteiger partial charge in [0.2, 0.25) is 5.91 Å². The predicted molar refractivity (Wildman–Crippen MR) is 98.8 cm³/mol. The molecule has 3 aromatic rings. The van der Waals surface area contributed by atoms with Crippen LogP contribution in [-0.4, -0.2) is 19.0 Å². The highest BCUT2D eigenvalue weighted by molar-refractivity contribution is 5.87. The van der Waals surface area contributed by atoms with Crippen LogP contribution in [0.15, 0.2) is 72.8 Å². The molecule has 3 aromatic carbocycles. The second-order valence-corrected chi connectivity index (χ2v) is 5.89. The average molecular weight is 318 g/mol. The van der Waals surface area contributed by atoms with Crippen molar-refractivity contribution in [2.24, 2.45) is 0 Å². The molecule has 1 amide bonds. The second kappa shape index (κ2) is 7.75. The third kappa shape index (κ3) is 3.81. The number of rotatable bonds is 6. The molecule has 24 heavy (non-hydrogen) atoms. The van der Waals surface area contributed by atoms with E-state index in [4.69, 9.17) is 0 Å². The van der Waals surface area contributed by atoms with E-state index in [-0.39, 0.29) is 11.9 Å². The minimum absolute atomic E-state index is 0.0225. The smallest absolute Gasteiger partial charge is 0.237 e. The molecule has 122 valence electrons. The molecule has 0 aliphatic carbocycles. The Morgan fingerprint density at radius 3 is 2.42 bits per heavy atom. The molecule has 2 N–H and O–H groups in total. The van der Waals surface area contributed by atoms with Crippen molar-refractivity contribution >= 4 is 16.7 Å². The molecule has 0 fully saturated rings. The second-order valence-electron chi connectivity index (χ2n) is 5.89. The number of carbonyl (C=O) groups excluding carboxylic acids is 1. The van der Waals surface area contributed by atoms with E-state index in [0.29, 0.717) is 13.0 Å². The molecule has 1 unspecified atom stereocenters. The maximum atomic E-state index is 12.5. The molecule has 1 atom stereocenters. The highest BCUT2D eigenvalue weighted by Crippen LogP contribution is 2.18. The van der Waals surface area contributed by atoms with Gasteiger partial charge in [-0.2, -0.15) is 0 Å². The fourth-order valence-corrected chi connectivity index (χ4v) is 2.93. The summed E-state index contributed by atoms with van der Waals surface area (Å²) >= 11 is 0. The minimum atomic E-state index is -0.234. The number of likely N-dealkylation sites (N-methyl/N-ethyl adjacent to an activating group) is 1.